The molecule has 0 aromatic carbocycles. The van der Waals surface area contributed by atoms with E-state index >= 15 is 0 Å². The number of aromatic nitrogens is 3. The van der Waals surface area contributed by atoms with Crippen LogP contribution in [0.5, 0.6) is 5.88 Å². The molecule has 0 bridgehead atoms. The van der Waals surface area contributed by atoms with Crippen LogP contribution < -0.4 is 15.0 Å². The number of carbonyl (C=O) groups excluding carboxylic acids is 1. The molecular formula is C18H23N5O3. The molecule has 2 aromatic rings. The van der Waals surface area contributed by atoms with Gasteiger partial charge in [0.05, 0.1) is 18.8 Å². The number of carbonyl (C=O) groups is 1. The maximum Gasteiger partial charge on any atom is 0.256 e. The van der Waals surface area contributed by atoms with Crippen LogP contribution in [0, 0.1) is 0 Å². The van der Waals surface area contributed by atoms with E-state index in [9.17, 15) is 9.90 Å². The van der Waals surface area contributed by atoms with Crippen molar-refractivity contribution in [3.63, 3.8) is 0 Å². The zero-order valence-corrected chi connectivity index (χ0v) is 14.8. The average molecular weight is 357 g/mol. The van der Waals surface area contributed by atoms with Gasteiger partial charge in [0.2, 0.25) is 11.8 Å². The number of ether oxygens (including phenoxy) is 1. The number of pyridine rings is 1. The van der Waals surface area contributed by atoms with Crippen LogP contribution in [0.4, 0.5) is 5.95 Å². The van der Waals surface area contributed by atoms with Crippen LogP contribution >= 0.6 is 0 Å². The highest BCUT2D eigenvalue weighted by molar-refractivity contribution is 5.96. The average Bonchev–Trinajstić information content (AvgIpc) is 2.68. The third kappa shape index (κ3) is 4.26. The Bertz CT molecular complexity index is 743. The Kier molecular flexibility index (Phi) is 5.62. The van der Waals surface area contributed by atoms with Crippen LogP contribution in [0.15, 0.2) is 36.8 Å². The van der Waals surface area contributed by atoms with Crippen molar-refractivity contribution in [2.45, 2.75) is 25.4 Å². The van der Waals surface area contributed by atoms with Gasteiger partial charge in [-0.15, -0.1) is 0 Å². The molecule has 3 rings (SSSR count). The highest BCUT2D eigenvalue weighted by Crippen LogP contribution is 2.23. The highest BCUT2D eigenvalue weighted by Gasteiger charge is 2.34. The molecule has 1 amide bonds. The van der Waals surface area contributed by atoms with E-state index in [0.29, 0.717) is 37.0 Å². The lowest BCUT2D eigenvalue weighted by atomic mass is 9.93. The van der Waals surface area contributed by atoms with Crippen molar-refractivity contribution < 1.29 is 14.6 Å². The molecule has 0 saturated carbocycles. The first kappa shape index (κ1) is 18.1. The first-order valence-corrected chi connectivity index (χ1v) is 8.72. The van der Waals surface area contributed by atoms with Gasteiger partial charge in [-0.2, -0.15) is 0 Å². The number of aliphatic hydroxyl groups is 1. The summed E-state index contributed by atoms with van der Waals surface area (Å²) in [4.78, 5) is 27.0. The predicted octanol–water partition coefficient (Wildman–Crippen LogP) is 1.03. The number of nitrogens with zero attached hydrogens (tertiary/aromatic N) is 4. The smallest absolute Gasteiger partial charge is 0.256 e. The maximum atomic E-state index is 12.5. The van der Waals surface area contributed by atoms with Crippen LogP contribution in [0.25, 0.3) is 0 Å². The second-order valence-electron chi connectivity index (χ2n) is 6.27. The van der Waals surface area contributed by atoms with Gasteiger partial charge in [0.25, 0.3) is 5.91 Å². The predicted molar refractivity (Wildman–Crippen MR) is 96.2 cm³/mol. The summed E-state index contributed by atoms with van der Waals surface area (Å²) in [5.74, 6) is 0.563. The first-order chi connectivity index (χ1) is 12.6. The standard InChI is InChI=1S/C18H23N5O3/c1-2-26-16-14(6-3-8-19-16)15(24)22-12-18(25)7-4-11-23(13-18)17-20-9-5-10-21-17/h3,5-6,8-10,25H,2,4,7,11-13H2,1H3,(H,22,24). The molecule has 8 heteroatoms. The fourth-order valence-electron chi connectivity index (χ4n) is 3.04. The number of rotatable bonds is 6. The van der Waals surface area contributed by atoms with Crippen molar-refractivity contribution in [3.05, 3.63) is 42.4 Å². The van der Waals surface area contributed by atoms with Crippen molar-refractivity contribution >= 4 is 11.9 Å². The summed E-state index contributed by atoms with van der Waals surface area (Å²) in [5, 5.41) is 13.7. The molecule has 2 N–H and O–H groups in total. The Labute approximate surface area is 152 Å². The highest BCUT2D eigenvalue weighted by atomic mass is 16.5. The fraction of sp³-hybridized carbons (Fsp3) is 0.444. The van der Waals surface area contributed by atoms with Gasteiger partial charge in [-0.3, -0.25) is 4.79 Å². The fourth-order valence-corrected chi connectivity index (χ4v) is 3.04. The first-order valence-electron chi connectivity index (χ1n) is 8.72. The molecule has 138 valence electrons. The van der Waals surface area contributed by atoms with Gasteiger partial charge in [0.15, 0.2) is 0 Å². The van der Waals surface area contributed by atoms with Crippen molar-refractivity contribution in [2.75, 3.05) is 31.1 Å². The lowest BCUT2D eigenvalue weighted by molar-refractivity contribution is 0.0252. The lowest BCUT2D eigenvalue weighted by Gasteiger charge is -2.39. The van der Waals surface area contributed by atoms with Crippen LogP contribution in [0.3, 0.4) is 0 Å². The Balaban J connectivity index is 1.64. The van der Waals surface area contributed by atoms with Crippen molar-refractivity contribution in [2.24, 2.45) is 0 Å². The van der Waals surface area contributed by atoms with Crippen molar-refractivity contribution in [1.82, 2.24) is 20.3 Å². The van der Waals surface area contributed by atoms with Crippen LogP contribution in [0.2, 0.25) is 0 Å². The molecule has 1 aliphatic rings. The van der Waals surface area contributed by atoms with E-state index in [0.717, 1.165) is 13.0 Å². The Morgan fingerprint density at radius 1 is 1.31 bits per heavy atom. The molecule has 2 aromatic heterocycles. The Hall–Kier alpha value is -2.74. The van der Waals surface area contributed by atoms with Crippen molar-refractivity contribution in [1.29, 1.82) is 0 Å². The lowest BCUT2D eigenvalue weighted by Crippen LogP contribution is -2.54. The maximum absolute atomic E-state index is 12.5. The summed E-state index contributed by atoms with van der Waals surface area (Å²) in [6, 6.07) is 5.09. The van der Waals surface area contributed by atoms with Gasteiger partial charge in [0, 0.05) is 31.7 Å². The molecule has 1 saturated heterocycles. The molecule has 26 heavy (non-hydrogen) atoms. The molecule has 1 atom stereocenters. The van der Waals surface area contributed by atoms with E-state index in [4.69, 9.17) is 4.74 Å². The minimum absolute atomic E-state index is 0.135. The number of anilines is 1. The SMILES string of the molecule is CCOc1ncccc1C(=O)NCC1(O)CCCN(c2ncccn2)C1. The summed E-state index contributed by atoms with van der Waals surface area (Å²) in [6.45, 7) is 3.53. The topological polar surface area (TPSA) is 100 Å². The molecule has 8 nitrogen and oxygen atoms in total. The number of hydrogen-bond acceptors (Lipinski definition) is 7. The molecule has 1 fully saturated rings. The van der Waals surface area contributed by atoms with Crippen LogP contribution in [-0.2, 0) is 0 Å². The largest absolute Gasteiger partial charge is 0.477 e. The van der Waals surface area contributed by atoms with Gasteiger partial charge in [-0.05, 0) is 38.0 Å². The van der Waals surface area contributed by atoms with E-state index in [2.05, 4.69) is 20.3 Å². The molecule has 1 aliphatic heterocycles. The molecule has 0 spiro atoms. The third-order valence-corrected chi connectivity index (χ3v) is 4.27. The van der Waals surface area contributed by atoms with E-state index in [1.807, 2.05) is 11.8 Å². The Morgan fingerprint density at radius 2 is 2.08 bits per heavy atom. The summed E-state index contributed by atoms with van der Waals surface area (Å²) >= 11 is 0. The zero-order valence-electron chi connectivity index (χ0n) is 14.8. The monoisotopic (exact) mass is 357 g/mol. The second kappa shape index (κ2) is 8.09. The van der Waals surface area contributed by atoms with E-state index in [-0.39, 0.29) is 12.5 Å². The van der Waals surface area contributed by atoms with E-state index in [1.165, 1.54) is 0 Å². The molecule has 1 unspecified atom stereocenters. The minimum Gasteiger partial charge on any atom is -0.477 e. The van der Waals surface area contributed by atoms with Crippen LogP contribution in [-0.4, -0.2) is 57.8 Å². The second-order valence-corrected chi connectivity index (χ2v) is 6.27. The van der Waals surface area contributed by atoms with E-state index < -0.39 is 5.60 Å². The summed E-state index contributed by atoms with van der Waals surface area (Å²) in [6.07, 6.45) is 6.32. The van der Waals surface area contributed by atoms with E-state index in [1.54, 1.807) is 36.8 Å². The summed E-state index contributed by atoms with van der Waals surface area (Å²) in [7, 11) is 0. The molecule has 3 heterocycles. The molecule has 0 aliphatic carbocycles. The van der Waals surface area contributed by atoms with Gasteiger partial charge in [-0.1, -0.05) is 0 Å². The van der Waals surface area contributed by atoms with Gasteiger partial charge >= 0.3 is 0 Å². The van der Waals surface area contributed by atoms with Gasteiger partial charge in [0.1, 0.15) is 5.56 Å². The van der Waals surface area contributed by atoms with Crippen LogP contribution in [0.1, 0.15) is 30.1 Å². The Morgan fingerprint density at radius 3 is 2.85 bits per heavy atom. The quantitative estimate of drug-likeness (QED) is 0.796. The minimum atomic E-state index is -1.04. The third-order valence-electron chi connectivity index (χ3n) is 4.27. The summed E-state index contributed by atoms with van der Waals surface area (Å²) in [5.41, 5.74) is -0.682. The van der Waals surface area contributed by atoms with Gasteiger partial charge < -0.3 is 20.1 Å². The number of hydrogen-bond donors (Lipinski definition) is 2. The number of piperidine rings is 1. The normalized spacial score (nSPS) is 19.8. The van der Waals surface area contributed by atoms with Crippen molar-refractivity contribution in [3.8, 4) is 5.88 Å². The summed E-state index contributed by atoms with van der Waals surface area (Å²) < 4.78 is 5.39. The molecule has 0 radical (unpaired) electrons. The molecular weight excluding hydrogens is 334 g/mol. The van der Waals surface area contributed by atoms with Gasteiger partial charge in [-0.25, -0.2) is 15.0 Å². The number of amides is 1. The number of nitrogens with one attached hydrogen (secondary N) is 1. The number of β-amino-alcohol motifs (C(OH)–C–C–N with tert-alkyl or cyclic N) is 1. The zero-order chi connectivity index (χ0) is 18.4.